The lowest BCUT2D eigenvalue weighted by Crippen LogP contribution is -2.47. The largest absolute Gasteiger partial charge is 0.480 e. The average molecular weight is 347 g/mol. The Morgan fingerprint density at radius 2 is 2.23 bits per heavy atom. The molecule has 7 heteroatoms. The van der Waals surface area contributed by atoms with E-state index in [0.29, 0.717) is 23.2 Å². The van der Waals surface area contributed by atoms with Crippen molar-refractivity contribution >= 4 is 29.2 Å². The summed E-state index contributed by atoms with van der Waals surface area (Å²) in [6.07, 6.45) is 0.0147. The van der Waals surface area contributed by atoms with Gasteiger partial charge < -0.3 is 9.84 Å². The lowest BCUT2D eigenvalue weighted by Gasteiger charge is -2.34. The van der Waals surface area contributed by atoms with E-state index in [4.69, 9.17) is 33.0 Å². The van der Waals surface area contributed by atoms with Crippen molar-refractivity contribution in [1.82, 2.24) is 9.80 Å². The van der Waals surface area contributed by atoms with E-state index in [0.717, 1.165) is 25.2 Å². The van der Waals surface area contributed by atoms with E-state index in [2.05, 4.69) is 4.90 Å². The van der Waals surface area contributed by atoms with Crippen molar-refractivity contribution < 1.29 is 14.6 Å². The van der Waals surface area contributed by atoms with E-state index in [1.54, 1.807) is 18.0 Å². The summed E-state index contributed by atoms with van der Waals surface area (Å²) in [6.45, 7) is 3.66. The molecule has 2 rings (SSSR count). The van der Waals surface area contributed by atoms with Gasteiger partial charge in [-0.1, -0.05) is 29.3 Å². The summed E-state index contributed by atoms with van der Waals surface area (Å²) in [4.78, 5) is 14.7. The van der Waals surface area contributed by atoms with Crippen LogP contribution < -0.4 is 0 Å². The number of hydrogen-bond acceptors (Lipinski definition) is 4. The van der Waals surface area contributed by atoms with E-state index < -0.39 is 5.97 Å². The molecule has 1 aromatic carbocycles. The highest BCUT2D eigenvalue weighted by Gasteiger charge is 2.22. The monoisotopic (exact) mass is 346 g/mol. The highest BCUT2D eigenvalue weighted by molar-refractivity contribution is 6.42. The number of carboxylic acid groups (broad SMARTS) is 1. The Labute approximate surface area is 140 Å². The fraction of sp³-hybridized carbons (Fsp3) is 0.533. The fourth-order valence-corrected chi connectivity index (χ4v) is 2.89. The molecular formula is C15H20Cl2N2O3. The highest BCUT2D eigenvalue weighted by atomic mass is 35.5. The minimum absolute atomic E-state index is 0.0147. The third-order valence-corrected chi connectivity index (χ3v) is 4.27. The van der Waals surface area contributed by atoms with Gasteiger partial charge >= 0.3 is 5.97 Å². The van der Waals surface area contributed by atoms with Gasteiger partial charge in [-0.15, -0.1) is 0 Å². The number of likely N-dealkylation sites (N-methyl/N-ethyl adjacent to an activating group) is 1. The summed E-state index contributed by atoms with van der Waals surface area (Å²) in [6, 6.07) is 5.65. The summed E-state index contributed by atoms with van der Waals surface area (Å²) in [5.41, 5.74) is 1.11. The molecule has 1 aromatic rings. The highest BCUT2D eigenvalue weighted by Crippen LogP contribution is 2.23. The summed E-state index contributed by atoms with van der Waals surface area (Å²) in [5.74, 6) is -0.828. The van der Waals surface area contributed by atoms with Crippen molar-refractivity contribution in [2.75, 3.05) is 39.8 Å². The van der Waals surface area contributed by atoms with Crippen LogP contribution in [0.2, 0.25) is 10.0 Å². The number of aliphatic carboxylic acids is 1. The lowest BCUT2D eigenvalue weighted by atomic mass is 10.2. The summed E-state index contributed by atoms with van der Waals surface area (Å²) < 4.78 is 5.72. The van der Waals surface area contributed by atoms with Gasteiger partial charge in [-0.2, -0.15) is 0 Å². The third-order valence-electron chi connectivity index (χ3n) is 3.53. The van der Waals surface area contributed by atoms with Crippen LogP contribution in [-0.4, -0.2) is 66.8 Å². The van der Waals surface area contributed by atoms with E-state index in [-0.39, 0.29) is 12.6 Å². The molecule has 1 heterocycles. The van der Waals surface area contributed by atoms with E-state index in [1.807, 2.05) is 12.1 Å². The molecule has 1 unspecified atom stereocenters. The first-order valence-electron chi connectivity index (χ1n) is 7.12. The predicted octanol–water partition coefficient (Wildman–Crippen LogP) is 2.21. The Morgan fingerprint density at radius 3 is 2.91 bits per heavy atom. The molecule has 5 nitrogen and oxygen atoms in total. The van der Waals surface area contributed by atoms with Gasteiger partial charge in [-0.05, 0) is 24.7 Å². The van der Waals surface area contributed by atoms with Crippen LogP contribution in [0.25, 0.3) is 0 Å². The zero-order valence-electron chi connectivity index (χ0n) is 12.5. The zero-order valence-corrected chi connectivity index (χ0v) is 14.0. The predicted molar refractivity (Wildman–Crippen MR) is 86.6 cm³/mol. The van der Waals surface area contributed by atoms with Crippen LogP contribution in [0.3, 0.4) is 0 Å². The molecule has 1 N–H and O–H groups in total. The molecule has 1 fully saturated rings. The average Bonchev–Trinajstić information content (AvgIpc) is 2.42. The first kappa shape index (κ1) is 17.5. The normalized spacial score (nSPS) is 19.5. The lowest BCUT2D eigenvalue weighted by molar-refractivity contribution is -0.138. The second kappa shape index (κ2) is 8.13. The molecule has 0 aliphatic carbocycles. The number of carboxylic acids is 1. The van der Waals surface area contributed by atoms with E-state index in [9.17, 15) is 4.79 Å². The maximum Gasteiger partial charge on any atom is 0.317 e. The Kier molecular flexibility index (Phi) is 6.47. The Bertz CT molecular complexity index is 528. The van der Waals surface area contributed by atoms with Crippen LogP contribution in [-0.2, 0) is 16.1 Å². The van der Waals surface area contributed by atoms with Gasteiger partial charge in [0, 0.05) is 26.2 Å². The number of ether oxygens (including phenoxy) is 1. The molecule has 0 amide bonds. The topological polar surface area (TPSA) is 53.0 Å². The Balaban J connectivity index is 1.87. The number of hydrogen-bond donors (Lipinski definition) is 1. The summed E-state index contributed by atoms with van der Waals surface area (Å²) >= 11 is 12.0. The zero-order chi connectivity index (χ0) is 16.1. The maximum atomic E-state index is 10.7. The number of benzene rings is 1. The van der Waals surface area contributed by atoms with Crippen molar-refractivity contribution in [3.05, 3.63) is 33.8 Å². The molecule has 22 heavy (non-hydrogen) atoms. The number of carbonyl (C=O) groups is 1. The summed E-state index contributed by atoms with van der Waals surface area (Å²) in [5, 5.41) is 9.91. The van der Waals surface area contributed by atoms with Crippen molar-refractivity contribution in [1.29, 1.82) is 0 Å². The van der Waals surface area contributed by atoms with Crippen LogP contribution in [0.15, 0.2) is 18.2 Å². The second-order valence-corrected chi connectivity index (χ2v) is 6.38. The van der Waals surface area contributed by atoms with Gasteiger partial charge in [-0.25, -0.2) is 0 Å². The van der Waals surface area contributed by atoms with Gasteiger partial charge in [0.15, 0.2) is 0 Å². The molecule has 1 atom stereocenters. The molecule has 0 bridgehead atoms. The molecule has 1 aliphatic rings. The molecule has 1 aliphatic heterocycles. The SMILES string of the molecule is CN(CC(=O)O)CC1CN(Cc2ccc(Cl)c(Cl)c2)CCO1. The van der Waals surface area contributed by atoms with Crippen LogP contribution in [0.4, 0.5) is 0 Å². The van der Waals surface area contributed by atoms with Crippen LogP contribution in [0.1, 0.15) is 5.56 Å². The Morgan fingerprint density at radius 1 is 1.45 bits per heavy atom. The third kappa shape index (κ3) is 5.41. The molecule has 0 aromatic heterocycles. The van der Waals surface area contributed by atoms with Gasteiger partial charge in [0.05, 0.1) is 29.3 Å². The standard InChI is InChI=1S/C15H20Cl2N2O3/c1-18(10-15(20)21)8-12-9-19(4-5-22-12)7-11-2-3-13(16)14(17)6-11/h2-3,6,12H,4-5,7-10H2,1H3,(H,20,21). The quantitative estimate of drug-likeness (QED) is 0.855. The minimum atomic E-state index is -0.828. The Hall–Kier alpha value is -0.850. The molecule has 0 radical (unpaired) electrons. The minimum Gasteiger partial charge on any atom is -0.480 e. The van der Waals surface area contributed by atoms with Crippen molar-refractivity contribution in [3.63, 3.8) is 0 Å². The number of nitrogens with zero attached hydrogens (tertiary/aromatic N) is 2. The fourth-order valence-electron chi connectivity index (χ4n) is 2.57. The van der Waals surface area contributed by atoms with Crippen molar-refractivity contribution in [3.8, 4) is 0 Å². The smallest absolute Gasteiger partial charge is 0.317 e. The molecule has 0 saturated carbocycles. The summed E-state index contributed by atoms with van der Waals surface area (Å²) in [7, 11) is 1.79. The molecular weight excluding hydrogens is 327 g/mol. The second-order valence-electron chi connectivity index (χ2n) is 5.57. The van der Waals surface area contributed by atoms with Crippen LogP contribution in [0, 0.1) is 0 Å². The van der Waals surface area contributed by atoms with Crippen molar-refractivity contribution in [2.45, 2.75) is 12.6 Å². The van der Waals surface area contributed by atoms with Gasteiger partial charge in [0.1, 0.15) is 0 Å². The van der Waals surface area contributed by atoms with Gasteiger partial charge in [0.25, 0.3) is 0 Å². The first-order chi connectivity index (χ1) is 10.4. The van der Waals surface area contributed by atoms with Crippen LogP contribution in [0.5, 0.6) is 0 Å². The number of halogens is 2. The van der Waals surface area contributed by atoms with Gasteiger partial charge in [-0.3, -0.25) is 14.6 Å². The van der Waals surface area contributed by atoms with Crippen LogP contribution >= 0.6 is 23.2 Å². The molecule has 122 valence electrons. The van der Waals surface area contributed by atoms with E-state index in [1.165, 1.54) is 0 Å². The number of morpholine rings is 1. The van der Waals surface area contributed by atoms with Crippen molar-refractivity contribution in [2.24, 2.45) is 0 Å². The molecule has 1 saturated heterocycles. The maximum absolute atomic E-state index is 10.7. The van der Waals surface area contributed by atoms with Gasteiger partial charge in [0.2, 0.25) is 0 Å². The first-order valence-corrected chi connectivity index (χ1v) is 7.88. The van der Waals surface area contributed by atoms with E-state index >= 15 is 0 Å². The molecule has 0 spiro atoms. The number of rotatable bonds is 6.